The van der Waals surface area contributed by atoms with E-state index in [-0.39, 0.29) is 24.3 Å². The third kappa shape index (κ3) is 5.54. The average molecular weight is 303 g/mol. The van der Waals surface area contributed by atoms with Gasteiger partial charge in [0.1, 0.15) is 17.4 Å². The van der Waals surface area contributed by atoms with Crippen LogP contribution in [-0.2, 0) is 9.59 Å². The molecule has 4 N–H and O–H groups in total. The van der Waals surface area contributed by atoms with Gasteiger partial charge in [-0.2, -0.15) is 5.26 Å². The molecule has 0 aliphatic heterocycles. The largest absolute Gasteiger partial charge is 0.508 e. The number of carbonyl (C=O) groups is 2. The fourth-order valence-corrected chi connectivity index (χ4v) is 1.65. The number of anilines is 1. The Balaban J connectivity index is 2.60. The van der Waals surface area contributed by atoms with Gasteiger partial charge in [0.15, 0.2) is 0 Å². The van der Waals surface area contributed by atoms with E-state index in [1.807, 2.05) is 0 Å². The molecule has 1 amide bonds. The first-order valence-electron chi connectivity index (χ1n) is 6.60. The standard InChI is InChI=1S/C15H17N3O4/c1-10-7-12(19)4-5-13(10)18-9-11(8-16)15(22)17-6-2-3-14(20)21/h4-5,7,9,18-19H,2-3,6H2,1H3,(H,17,22)(H,20,21)/b11-9-. The molecule has 0 saturated heterocycles. The summed E-state index contributed by atoms with van der Waals surface area (Å²) in [6, 6.07) is 6.44. The number of carbonyl (C=O) groups excluding carboxylic acids is 1. The highest BCUT2D eigenvalue weighted by Crippen LogP contribution is 2.20. The van der Waals surface area contributed by atoms with Crippen molar-refractivity contribution >= 4 is 17.6 Å². The number of aryl methyl sites for hydroxylation is 1. The maximum atomic E-state index is 11.7. The number of aromatic hydroxyl groups is 1. The SMILES string of the molecule is Cc1cc(O)ccc1N/C=C(/C#N)C(=O)NCCCC(=O)O. The predicted molar refractivity (Wildman–Crippen MR) is 80.0 cm³/mol. The number of hydrogen-bond donors (Lipinski definition) is 4. The van der Waals surface area contributed by atoms with Crippen molar-refractivity contribution in [3.05, 3.63) is 35.5 Å². The topological polar surface area (TPSA) is 122 Å². The molecule has 1 rings (SSSR count). The number of nitrogens with zero attached hydrogens (tertiary/aromatic N) is 1. The summed E-state index contributed by atoms with van der Waals surface area (Å²) < 4.78 is 0. The van der Waals surface area contributed by atoms with E-state index >= 15 is 0 Å². The molecule has 1 aromatic rings. The zero-order valence-electron chi connectivity index (χ0n) is 12.1. The van der Waals surface area contributed by atoms with Gasteiger partial charge in [-0.3, -0.25) is 9.59 Å². The first-order chi connectivity index (χ1) is 10.4. The first kappa shape index (κ1) is 17.0. The molecule has 22 heavy (non-hydrogen) atoms. The number of carboxylic acid groups (broad SMARTS) is 1. The van der Waals surface area contributed by atoms with E-state index in [4.69, 9.17) is 10.4 Å². The molecule has 0 unspecified atom stereocenters. The van der Waals surface area contributed by atoms with Crippen LogP contribution >= 0.6 is 0 Å². The lowest BCUT2D eigenvalue weighted by molar-refractivity contribution is -0.137. The van der Waals surface area contributed by atoms with Crippen molar-refractivity contribution < 1.29 is 19.8 Å². The Bertz CT molecular complexity index is 632. The van der Waals surface area contributed by atoms with Gasteiger partial charge in [0, 0.05) is 24.9 Å². The lowest BCUT2D eigenvalue weighted by Crippen LogP contribution is -2.26. The summed E-state index contributed by atoms with van der Waals surface area (Å²) in [6.07, 6.45) is 1.52. The minimum atomic E-state index is -0.935. The zero-order chi connectivity index (χ0) is 16.5. The van der Waals surface area contributed by atoms with Crippen LogP contribution in [0.25, 0.3) is 0 Å². The summed E-state index contributed by atoms with van der Waals surface area (Å²) in [7, 11) is 0. The van der Waals surface area contributed by atoms with Gasteiger partial charge < -0.3 is 20.8 Å². The number of phenolic OH excluding ortho intramolecular Hbond substituents is 1. The van der Waals surface area contributed by atoms with Crippen LogP contribution in [-0.4, -0.2) is 28.6 Å². The van der Waals surface area contributed by atoms with Crippen LogP contribution in [0.1, 0.15) is 18.4 Å². The number of nitrogens with one attached hydrogen (secondary N) is 2. The highest BCUT2D eigenvalue weighted by atomic mass is 16.4. The smallest absolute Gasteiger partial charge is 0.303 e. The van der Waals surface area contributed by atoms with Gasteiger partial charge in [0.25, 0.3) is 5.91 Å². The summed E-state index contributed by atoms with van der Waals surface area (Å²) in [5.74, 6) is -1.38. The molecule has 0 saturated carbocycles. The molecule has 116 valence electrons. The van der Waals surface area contributed by atoms with E-state index in [2.05, 4.69) is 10.6 Å². The molecule has 7 nitrogen and oxygen atoms in total. The minimum Gasteiger partial charge on any atom is -0.508 e. The second-order valence-electron chi connectivity index (χ2n) is 4.57. The molecule has 0 aliphatic carbocycles. The van der Waals surface area contributed by atoms with E-state index in [1.54, 1.807) is 25.1 Å². The van der Waals surface area contributed by atoms with Gasteiger partial charge >= 0.3 is 5.97 Å². The normalized spacial score (nSPS) is 10.6. The third-order valence-electron chi connectivity index (χ3n) is 2.80. The van der Waals surface area contributed by atoms with Gasteiger partial charge in [-0.15, -0.1) is 0 Å². The van der Waals surface area contributed by atoms with E-state index < -0.39 is 11.9 Å². The Kier molecular flexibility index (Phi) is 6.44. The first-order valence-corrected chi connectivity index (χ1v) is 6.60. The molecule has 0 atom stereocenters. The van der Waals surface area contributed by atoms with Crippen LogP contribution in [0.15, 0.2) is 30.0 Å². The molecule has 1 aromatic carbocycles. The monoisotopic (exact) mass is 303 g/mol. The second-order valence-corrected chi connectivity index (χ2v) is 4.57. The molecular formula is C15H17N3O4. The fraction of sp³-hybridized carbons (Fsp3) is 0.267. The Morgan fingerprint density at radius 3 is 2.73 bits per heavy atom. The number of carboxylic acids is 1. The molecule has 0 heterocycles. The quantitative estimate of drug-likeness (QED) is 0.262. The van der Waals surface area contributed by atoms with Gasteiger partial charge in [-0.25, -0.2) is 0 Å². The van der Waals surface area contributed by atoms with Crippen molar-refractivity contribution in [2.24, 2.45) is 0 Å². The Morgan fingerprint density at radius 1 is 1.41 bits per heavy atom. The number of phenols is 1. The van der Waals surface area contributed by atoms with E-state index in [9.17, 15) is 14.7 Å². The fourth-order valence-electron chi connectivity index (χ4n) is 1.65. The highest BCUT2D eigenvalue weighted by molar-refractivity contribution is 5.97. The van der Waals surface area contributed by atoms with Crippen LogP contribution in [0.4, 0.5) is 5.69 Å². The molecule has 0 fully saturated rings. The van der Waals surface area contributed by atoms with E-state index in [0.29, 0.717) is 12.1 Å². The van der Waals surface area contributed by atoms with Gasteiger partial charge in [-0.1, -0.05) is 0 Å². The predicted octanol–water partition coefficient (Wildman–Crippen LogP) is 1.50. The van der Waals surface area contributed by atoms with Crippen LogP contribution in [0, 0.1) is 18.3 Å². The summed E-state index contributed by atoms with van der Waals surface area (Å²) in [5, 5.41) is 32.1. The molecule has 0 radical (unpaired) electrons. The second kappa shape index (κ2) is 8.32. The zero-order valence-corrected chi connectivity index (χ0v) is 12.1. The van der Waals surface area contributed by atoms with Crippen LogP contribution in [0.2, 0.25) is 0 Å². The molecule has 0 aromatic heterocycles. The third-order valence-corrected chi connectivity index (χ3v) is 2.80. The van der Waals surface area contributed by atoms with Crippen molar-refractivity contribution in [3.63, 3.8) is 0 Å². The molecule has 7 heteroatoms. The Labute approximate surface area is 127 Å². The number of nitriles is 1. The van der Waals surface area contributed by atoms with E-state index in [0.717, 1.165) is 5.56 Å². The van der Waals surface area contributed by atoms with Crippen LogP contribution in [0.3, 0.4) is 0 Å². The lowest BCUT2D eigenvalue weighted by Gasteiger charge is -2.07. The summed E-state index contributed by atoms with van der Waals surface area (Å²) >= 11 is 0. The van der Waals surface area contributed by atoms with Crippen molar-refractivity contribution in [1.82, 2.24) is 5.32 Å². The summed E-state index contributed by atoms with van der Waals surface area (Å²) in [5.41, 5.74) is 1.29. The molecule has 0 bridgehead atoms. The molecular weight excluding hydrogens is 286 g/mol. The number of aliphatic carboxylic acids is 1. The molecule has 0 spiro atoms. The Hall–Kier alpha value is -3.01. The van der Waals surface area contributed by atoms with Crippen molar-refractivity contribution in [3.8, 4) is 11.8 Å². The number of rotatable bonds is 7. The number of benzene rings is 1. The van der Waals surface area contributed by atoms with Crippen molar-refractivity contribution in [1.29, 1.82) is 5.26 Å². The van der Waals surface area contributed by atoms with Crippen molar-refractivity contribution in [2.45, 2.75) is 19.8 Å². The Morgan fingerprint density at radius 2 is 2.14 bits per heavy atom. The highest BCUT2D eigenvalue weighted by Gasteiger charge is 2.08. The summed E-state index contributed by atoms with van der Waals surface area (Å²) in [6.45, 7) is 1.95. The minimum absolute atomic E-state index is 0.0448. The van der Waals surface area contributed by atoms with Gasteiger partial charge in [0.05, 0.1) is 0 Å². The van der Waals surface area contributed by atoms with Crippen LogP contribution < -0.4 is 10.6 Å². The maximum Gasteiger partial charge on any atom is 0.303 e. The number of amides is 1. The number of hydrogen-bond acceptors (Lipinski definition) is 5. The lowest BCUT2D eigenvalue weighted by atomic mass is 10.2. The average Bonchev–Trinajstić information content (AvgIpc) is 2.46. The summed E-state index contributed by atoms with van der Waals surface area (Å²) in [4.78, 5) is 22.1. The van der Waals surface area contributed by atoms with E-state index in [1.165, 1.54) is 12.3 Å². The van der Waals surface area contributed by atoms with Gasteiger partial charge in [-0.05, 0) is 37.1 Å². The van der Waals surface area contributed by atoms with Crippen LogP contribution in [0.5, 0.6) is 5.75 Å². The van der Waals surface area contributed by atoms with Crippen molar-refractivity contribution in [2.75, 3.05) is 11.9 Å². The maximum absolute atomic E-state index is 11.7. The van der Waals surface area contributed by atoms with Gasteiger partial charge in [0.2, 0.25) is 0 Å². The molecule has 0 aliphatic rings.